The van der Waals surface area contributed by atoms with Crippen LogP contribution in [-0.4, -0.2) is 28.3 Å². The fourth-order valence-corrected chi connectivity index (χ4v) is 1.03. The molecule has 0 aliphatic carbocycles. The van der Waals surface area contributed by atoms with Gasteiger partial charge in [-0.15, -0.1) is 0 Å². The van der Waals surface area contributed by atoms with Gasteiger partial charge in [0, 0.05) is 13.1 Å². The number of carbonyl (C=O) groups excluding carboxylic acids is 2. The van der Waals surface area contributed by atoms with Gasteiger partial charge in [-0.05, 0) is 6.92 Å². The Labute approximate surface area is 87.2 Å². The number of rotatable bonds is 4. The number of hydrogen-bond acceptors (Lipinski definition) is 4. The molecule has 1 heterocycles. The lowest BCUT2D eigenvalue weighted by Crippen LogP contribution is -2.19. The van der Waals surface area contributed by atoms with Crippen molar-refractivity contribution in [1.29, 1.82) is 0 Å². The molecule has 1 rings (SSSR count). The van der Waals surface area contributed by atoms with Crippen LogP contribution in [0.5, 0.6) is 0 Å². The lowest BCUT2D eigenvalue weighted by Gasteiger charge is -2.04. The van der Waals surface area contributed by atoms with Gasteiger partial charge < -0.3 is 10.1 Å². The van der Waals surface area contributed by atoms with E-state index in [1.165, 1.54) is 4.68 Å². The minimum atomic E-state index is -0.530. The molecular weight excluding hydrogens is 198 g/mol. The van der Waals surface area contributed by atoms with E-state index in [1.807, 2.05) is 0 Å². The SMILES string of the molecule is CCOC(=O)CC(=O)Nc1ccnn1C. The van der Waals surface area contributed by atoms with Crippen molar-refractivity contribution in [2.45, 2.75) is 13.3 Å². The van der Waals surface area contributed by atoms with Gasteiger partial charge in [-0.2, -0.15) is 5.10 Å². The third-order valence-electron chi connectivity index (χ3n) is 1.70. The number of aromatic nitrogens is 2. The van der Waals surface area contributed by atoms with E-state index >= 15 is 0 Å². The molecule has 0 saturated carbocycles. The van der Waals surface area contributed by atoms with E-state index in [0.29, 0.717) is 5.82 Å². The van der Waals surface area contributed by atoms with Gasteiger partial charge in [0.15, 0.2) is 0 Å². The zero-order chi connectivity index (χ0) is 11.3. The topological polar surface area (TPSA) is 73.2 Å². The highest BCUT2D eigenvalue weighted by atomic mass is 16.5. The van der Waals surface area contributed by atoms with E-state index in [9.17, 15) is 9.59 Å². The number of anilines is 1. The second kappa shape index (κ2) is 5.14. The van der Waals surface area contributed by atoms with Crippen LogP contribution in [0.25, 0.3) is 0 Å². The summed E-state index contributed by atoms with van der Waals surface area (Å²) in [7, 11) is 1.69. The Bertz CT molecular complexity index is 359. The van der Waals surface area contributed by atoms with Crippen LogP contribution in [0.15, 0.2) is 12.3 Å². The normalized spacial score (nSPS) is 9.73. The first kappa shape index (κ1) is 11.2. The highest BCUT2D eigenvalue weighted by molar-refractivity contribution is 6.01. The third-order valence-corrected chi connectivity index (χ3v) is 1.70. The third kappa shape index (κ3) is 3.41. The average molecular weight is 211 g/mol. The van der Waals surface area contributed by atoms with Gasteiger partial charge >= 0.3 is 5.97 Å². The Morgan fingerprint density at radius 2 is 2.33 bits per heavy atom. The molecule has 0 fully saturated rings. The molecule has 15 heavy (non-hydrogen) atoms. The lowest BCUT2D eigenvalue weighted by atomic mass is 10.4. The Hall–Kier alpha value is -1.85. The molecule has 0 saturated heterocycles. The van der Waals surface area contributed by atoms with E-state index in [0.717, 1.165) is 0 Å². The second-order valence-corrected chi connectivity index (χ2v) is 2.87. The van der Waals surface area contributed by atoms with E-state index < -0.39 is 11.9 Å². The van der Waals surface area contributed by atoms with Crippen LogP contribution in [0.3, 0.4) is 0 Å². The van der Waals surface area contributed by atoms with Crippen molar-refractivity contribution in [2.75, 3.05) is 11.9 Å². The number of nitrogens with one attached hydrogen (secondary N) is 1. The lowest BCUT2D eigenvalue weighted by molar-refractivity contribution is -0.145. The van der Waals surface area contributed by atoms with Crippen molar-refractivity contribution in [1.82, 2.24) is 9.78 Å². The van der Waals surface area contributed by atoms with Crippen molar-refractivity contribution in [2.24, 2.45) is 7.05 Å². The van der Waals surface area contributed by atoms with Crippen molar-refractivity contribution in [3.05, 3.63) is 12.3 Å². The maximum Gasteiger partial charge on any atom is 0.315 e. The van der Waals surface area contributed by atoms with Crippen molar-refractivity contribution in [3.8, 4) is 0 Å². The molecule has 0 unspecified atom stereocenters. The number of hydrogen-bond donors (Lipinski definition) is 1. The molecule has 6 nitrogen and oxygen atoms in total. The van der Waals surface area contributed by atoms with Crippen molar-refractivity contribution >= 4 is 17.7 Å². The standard InChI is InChI=1S/C9H13N3O3/c1-3-15-9(14)6-8(13)11-7-4-5-10-12(7)2/h4-5H,3,6H2,1-2H3,(H,11,13). The Balaban J connectivity index is 2.43. The first-order valence-corrected chi connectivity index (χ1v) is 4.57. The molecular formula is C9H13N3O3. The molecule has 0 aliphatic rings. The smallest absolute Gasteiger partial charge is 0.315 e. The van der Waals surface area contributed by atoms with Gasteiger partial charge in [-0.3, -0.25) is 14.3 Å². The minimum absolute atomic E-state index is 0.276. The summed E-state index contributed by atoms with van der Waals surface area (Å²) in [5.41, 5.74) is 0. The summed E-state index contributed by atoms with van der Waals surface area (Å²) in [4.78, 5) is 22.3. The number of esters is 1. The van der Waals surface area contributed by atoms with E-state index in [-0.39, 0.29) is 13.0 Å². The van der Waals surface area contributed by atoms with Crippen LogP contribution < -0.4 is 5.32 Å². The monoisotopic (exact) mass is 211 g/mol. The molecule has 0 radical (unpaired) electrons. The van der Waals surface area contributed by atoms with Crippen LogP contribution in [0, 0.1) is 0 Å². The number of nitrogens with zero attached hydrogens (tertiary/aromatic N) is 2. The van der Waals surface area contributed by atoms with Crippen LogP contribution in [0.4, 0.5) is 5.82 Å². The molecule has 1 amide bonds. The number of carbonyl (C=O) groups is 2. The fraction of sp³-hybridized carbons (Fsp3) is 0.444. The highest BCUT2D eigenvalue weighted by Crippen LogP contribution is 2.03. The molecule has 1 aromatic heterocycles. The van der Waals surface area contributed by atoms with Crippen molar-refractivity contribution < 1.29 is 14.3 Å². The molecule has 0 aliphatic heterocycles. The number of aryl methyl sites for hydroxylation is 1. The summed E-state index contributed by atoms with van der Waals surface area (Å²) in [6, 6.07) is 1.64. The quantitative estimate of drug-likeness (QED) is 0.574. The Kier molecular flexibility index (Phi) is 3.84. The zero-order valence-corrected chi connectivity index (χ0v) is 8.69. The van der Waals surface area contributed by atoms with Gasteiger partial charge in [-0.25, -0.2) is 0 Å². The van der Waals surface area contributed by atoms with Crippen LogP contribution in [-0.2, 0) is 21.4 Å². The van der Waals surface area contributed by atoms with Crippen LogP contribution in [0.1, 0.15) is 13.3 Å². The molecule has 82 valence electrons. The zero-order valence-electron chi connectivity index (χ0n) is 8.69. The number of amides is 1. The van der Waals surface area contributed by atoms with Crippen molar-refractivity contribution in [3.63, 3.8) is 0 Å². The predicted octanol–water partition coefficient (Wildman–Crippen LogP) is 0.312. The van der Waals surface area contributed by atoms with E-state index in [4.69, 9.17) is 0 Å². The van der Waals surface area contributed by atoms with E-state index in [2.05, 4.69) is 15.2 Å². The predicted molar refractivity (Wildman–Crippen MR) is 53.1 cm³/mol. The highest BCUT2D eigenvalue weighted by Gasteiger charge is 2.11. The maximum absolute atomic E-state index is 11.3. The van der Waals surface area contributed by atoms with Gasteiger partial charge in [0.2, 0.25) is 5.91 Å². The fourth-order valence-electron chi connectivity index (χ4n) is 1.03. The second-order valence-electron chi connectivity index (χ2n) is 2.87. The molecule has 0 aromatic carbocycles. The van der Waals surface area contributed by atoms with Crippen LogP contribution >= 0.6 is 0 Å². The Morgan fingerprint density at radius 1 is 1.60 bits per heavy atom. The summed E-state index contributed by atoms with van der Waals surface area (Å²) >= 11 is 0. The summed E-state index contributed by atoms with van der Waals surface area (Å²) in [5, 5.41) is 6.41. The maximum atomic E-state index is 11.3. The average Bonchev–Trinajstić information content (AvgIpc) is 2.52. The molecule has 6 heteroatoms. The van der Waals surface area contributed by atoms with Gasteiger partial charge in [0.25, 0.3) is 0 Å². The number of ether oxygens (including phenoxy) is 1. The summed E-state index contributed by atoms with van der Waals surface area (Å²) in [6.45, 7) is 1.97. The molecule has 1 aromatic rings. The van der Waals surface area contributed by atoms with E-state index in [1.54, 1.807) is 26.2 Å². The summed E-state index contributed by atoms with van der Waals surface area (Å²) in [6.07, 6.45) is 1.28. The summed E-state index contributed by atoms with van der Waals surface area (Å²) in [5.74, 6) is -0.390. The molecule has 0 bridgehead atoms. The minimum Gasteiger partial charge on any atom is -0.466 e. The molecule has 1 N–H and O–H groups in total. The van der Waals surface area contributed by atoms with Gasteiger partial charge in [0.05, 0.1) is 12.8 Å². The Morgan fingerprint density at radius 3 is 2.87 bits per heavy atom. The largest absolute Gasteiger partial charge is 0.466 e. The van der Waals surface area contributed by atoms with Gasteiger partial charge in [-0.1, -0.05) is 0 Å². The summed E-state index contributed by atoms with van der Waals surface area (Å²) < 4.78 is 6.14. The van der Waals surface area contributed by atoms with Gasteiger partial charge in [0.1, 0.15) is 12.2 Å². The molecule has 0 spiro atoms. The first-order chi connectivity index (χ1) is 7.13. The van der Waals surface area contributed by atoms with Crippen LogP contribution in [0.2, 0.25) is 0 Å². The first-order valence-electron chi connectivity index (χ1n) is 4.57. The molecule has 0 atom stereocenters.